The highest BCUT2D eigenvalue weighted by atomic mass is 15.1. The highest BCUT2D eigenvalue weighted by Crippen LogP contribution is 2.19. The van der Waals surface area contributed by atoms with Crippen molar-refractivity contribution in [1.29, 1.82) is 5.26 Å². The third kappa shape index (κ3) is 2.01. The fraction of sp³-hybridized carbons (Fsp3) is 0.182. The van der Waals surface area contributed by atoms with E-state index >= 15 is 0 Å². The molecule has 5 nitrogen and oxygen atoms in total. The molecule has 0 radical (unpaired) electrons. The average molecular weight is 213 g/mol. The first-order valence-corrected chi connectivity index (χ1v) is 4.90. The van der Waals surface area contributed by atoms with Gasteiger partial charge in [-0.2, -0.15) is 10.4 Å². The maximum Gasteiger partial charge on any atom is 0.101 e. The van der Waals surface area contributed by atoms with Crippen LogP contribution < -0.4 is 5.32 Å². The smallest absolute Gasteiger partial charge is 0.101 e. The monoisotopic (exact) mass is 213 g/mol. The van der Waals surface area contributed by atoms with Crippen LogP contribution in [0.2, 0.25) is 0 Å². The van der Waals surface area contributed by atoms with Crippen molar-refractivity contribution in [1.82, 2.24) is 15.2 Å². The van der Waals surface area contributed by atoms with Gasteiger partial charge >= 0.3 is 0 Å². The van der Waals surface area contributed by atoms with Crippen LogP contribution in [0, 0.1) is 11.3 Å². The Labute approximate surface area is 93.1 Å². The number of H-pyrrole nitrogens is 1. The summed E-state index contributed by atoms with van der Waals surface area (Å²) in [6.07, 6.45) is 6.82. The normalized spacial score (nSPS) is 11.8. The molecule has 1 unspecified atom stereocenters. The Morgan fingerprint density at radius 2 is 2.38 bits per heavy atom. The van der Waals surface area contributed by atoms with Gasteiger partial charge in [-0.25, -0.2) is 0 Å². The fourth-order valence-electron chi connectivity index (χ4n) is 1.42. The van der Waals surface area contributed by atoms with Crippen molar-refractivity contribution in [3.63, 3.8) is 0 Å². The summed E-state index contributed by atoms with van der Waals surface area (Å²) in [6.45, 7) is 2.00. The Morgan fingerprint density at radius 1 is 1.50 bits per heavy atom. The molecular weight excluding hydrogens is 202 g/mol. The maximum atomic E-state index is 8.93. The summed E-state index contributed by atoms with van der Waals surface area (Å²) in [5, 5.41) is 18.8. The molecule has 0 aliphatic carbocycles. The number of nitrogens with zero attached hydrogens (tertiary/aromatic N) is 3. The largest absolute Gasteiger partial charge is 0.376 e. The van der Waals surface area contributed by atoms with E-state index in [1.54, 1.807) is 24.7 Å². The second-order valence-corrected chi connectivity index (χ2v) is 3.43. The van der Waals surface area contributed by atoms with E-state index in [1.165, 1.54) is 0 Å². The van der Waals surface area contributed by atoms with Crippen LogP contribution in [0.25, 0.3) is 0 Å². The summed E-state index contributed by atoms with van der Waals surface area (Å²) >= 11 is 0. The van der Waals surface area contributed by atoms with Crippen molar-refractivity contribution in [2.45, 2.75) is 13.0 Å². The Morgan fingerprint density at radius 3 is 3.06 bits per heavy atom. The molecule has 80 valence electrons. The molecule has 0 saturated heterocycles. The first-order valence-electron chi connectivity index (χ1n) is 4.90. The number of rotatable bonds is 3. The third-order valence-electron chi connectivity index (χ3n) is 2.33. The van der Waals surface area contributed by atoms with Crippen molar-refractivity contribution in [2.24, 2.45) is 0 Å². The van der Waals surface area contributed by atoms with E-state index in [1.807, 2.05) is 13.1 Å². The summed E-state index contributed by atoms with van der Waals surface area (Å²) in [7, 11) is 0. The number of aromatic amines is 1. The van der Waals surface area contributed by atoms with Gasteiger partial charge in [-0.05, 0) is 13.0 Å². The lowest BCUT2D eigenvalue weighted by molar-refractivity contribution is 0.883. The molecule has 5 heteroatoms. The molecule has 16 heavy (non-hydrogen) atoms. The predicted octanol–water partition coefficient (Wildman–Crippen LogP) is 1.85. The Hall–Kier alpha value is -2.35. The van der Waals surface area contributed by atoms with Crippen LogP contribution in [-0.4, -0.2) is 15.2 Å². The summed E-state index contributed by atoms with van der Waals surface area (Å²) in [5.41, 5.74) is 2.36. The predicted molar refractivity (Wildman–Crippen MR) is 59.6 cm³/mol. The van der Waals surface area contributed by atoms with E-state index in [0.29, 0.717) is 5.56 Å². The number of nitrogens with one attached hydrogen (secondary N) is 2. The van der Waals surface area contributed by atoms with Crippen LogP contribution in [0.3, 0.4) is 0 Å². The fourth-order valence-corrected chi connectivity index (χ4v) is 1.42. The SMILES string of the molecule is CC(Nc1cnccc1C#N)c1cn[nH]c1. The number of aromatic nitrogens is 3. The molecule has 2 rings (SSSR count). The molecule has 2 aromatic heterocycles. The molecule has 2 aromatic rings. The number of pyridine rings is 1. The quantitative estimate of drug-likeness (QED) is 0.815. The molecule has 0 saturated carbocycles. The second kappa shape index (κ2) is 4.45. The minimum atomic E-state index is 0.0787. The van der Waals surface area contributed by atoms with Crippen molar-refractivity contribution < 1.29 is 0 Å². The highest BCUT2D eigenvalue weighted by Gasteiger charge is 2.08. The molecule has 0 spiro atoms. The van der Waals surface area contributed by atoms with Gasteiger partial charge < -0.3 is 5.32 Å². The van der Waals surface area contributed by atoms with E-state index in [2.05, 4.69) is 26.6 Å². The third-order valence-corrected chi connectivity index (χ3v) is 2.33. The number of hydrogen-bond acceptors (Lipinski definition) is 4. The molecular formula is C11H11N5. The van der Waals surface area contributed by atoms with Gasteiger partial charge in [-0.1, -0.05) is 0 Å². The zero-order valence-corrected chi connectivity index (χ0v) is 8.81. The molecule has 0 aliphatic heterocycles. The van der Waals surface area contributed by atoms with E-state index in [0.717, 1.165) is 11.3 Å². The lowest BCUT2D eigenvalue weighted by atomic mass is 10.1. The van der Waals surface area contributed by atoms with Gasteiger partial charge in [0.2, 0.25) is 0 Å². The van der Waals surface area contributed by atoms with Gasteiger partial charge in [0.1, 0.15) is 6.07 Å². The molecule has 0 bridgehead atoms. The van der Waals surface area contributed by atoms with Crippen molar-refractivity contribution in [3.05, 3.63) is 42.0 Å². The number of anilines is 1. The molecule has 2 N–H and O–H groups in total. The summed E-state index contributed by atoms with van der Waals surface area (Å²) in [4.78, 5) is 3.99. The summed E-state index contributed by atoms with van der Waals surface area (Å²) in [6, 6.07) is 3.88. The molecule has 0 aliphatic rings. The topological polar surface area (TPSA) is 77.4 Å². The lowest BCUT2D eigenvalue weighted by Gasteiger charge is -2.13. The summed E-state index contributed by atoms with van der Waals surface area (Å²) in [5.74, 6) is 0. The zero-order valence-electron chi connectivity index (χ0n) is 8.81. The second-order valence-electron chi connectivity index (χ2n) is 3.43. The van der Waals surface area contributed by atoms with E-state index in [9.17, 15) is 0 Å². The maximum absolute atomic E-state index is 8.93. The van der Waals surface area contributed by atoms with E-state index in [4.69, 9.17) is 5.26 Å². The number of hydrogen-bond donors (Lipinski definition) is 2. The van der Waals surface area contributed by atoms with Crippen LogP contribution >= 0.6 is 0 Å². The molecule has 2 heterocycles. The standard InChI is InChI=1S/C11H11N5/c1-8(10-5-14-15-6-10)16-11-7-13-3-2-9(11)4-12/h2-3,5-8,16H,1H3,(H,14,15). The van der Waals surface area contributed by atoms with Gasteiger partial charge in [-0.3, -0.25) is 10.1 Å². The van der Waals surface area contributed by atoms with Crippen molar-refractivity contribution in [3.8, 4) is 6.07 Å². The summed E-state index contributed by atoms with van der Waals surface area (Å²) < 4.78 is 0. The van der Waals surface area contributed by atoms with E-state index < -0.39 is 0 Å². The van der Waals surface area contributed by atoms with Gasteiger partial charge in [0.15, 0.2) is 0 Å². The minimum absolute atomic E-state index is 0.0787. The van der Waals surface area contributed by atoms with Crippen molar-refractivity contribution >= 4 is 5.69 Å². The average Bonchev–Trinajstić information content (AvgIpc) is 2.83. The zero-order chi connectivity index (χ0) is 11.4. The first-order chi connectivity index (χ1) is 7.81. The van der Waals surface area contributed by atoms with Crippen LogP contribution in [0.5, 0.6) is 0 Å². The van der Waals surface area contributed by atoms with Crippen LogP contribution in [-0.2, 0) is 0 Å². The van der Waals surface area contributed by atoms with Crippen LogP contribution in [0.4, 0.5) is 5.69 Å². The van der Waals surface area contributed by atoms with Gasteiger partial charge in [0.05, 0.1) is 29.7 Å². The van der Waals surface area contributed by atoms with Gasteiger partial charge in [-0.15, -0.1) is 0 Å². The molecule has 1 atom stereocenters. The van der Waals surface area contributed by atoms with Crippen LogP contribution in [0.15, 0.2) is 30.9 Å². The Balaban J connectivity index is 2.19. The molecule has 0 amide bonds. The first kappa shape index (κ1) is 10.2. The Bertz CT molecular complexity index is 497. The van der Waals surface area contributed by atoms with E-state index in [-0.39, 0.29) is 6.04 Å². The van der Waals surface area contributed by atoms with Gasteiger partial charge in [0, 0.05) is 18.0 Å². The Kier molecular flexibility index (Phi) is 2.83. The highest BCUT2D eigenvalue weighted by molar-refractivity contribution is 5.56. The molecule has 0 aromatic carbocycles. The molecule has 0 fully saturated rings. The van der Waals surface area contributed by atoms with Crippen LogP contribution in [0.1, 0.15) is 24.1 Å². The lowest BCUT2D eigenvalue weighted by Crippen LogP contribution is -2.07. The van der Waals surface area contributed by atoms with Crippen molar-refractivity contribution in [2.75, 3.05) is 5.32 Å². The minimum Gasteiger partial charge on any atom is -0.376 e. The van der Waals surface area contributed by atoms with Gasteiger partial charge in [0.25, 0.3) is 0 Å². The number of nitriles is 1.